The van der Waals surface area contributed by atoms with E-state index < -0.39 is 23.0 Å². The number of anilines is 1. The molecule has 2 atom stereocenters. The van der Waals surface area contributed by atoms with E-state index in [-0.39, 0.29) is 11.3 Å². The third-order valence-corrected chi connectivity index (χ3v) is 4.90. The lowest BCUT2D eigenvalue weighted by molar-refractivity contribution is -0.165. The number of rotatable bonds is 7. The largest absolute Gasteiger partial charge is 0.497 e. The van der Waals surface area contributed by atoms with Gasteiger partial charge in [0, 0.05) is 11.3 Å². The van der Waals surface area contributed by atoms with E-state index in [1.165, 1.54) is 7.11 Å². The van der Waals surface area contributed by atoms with E-state index in [4.69, 9.17) is 14.2 Å². The fraction of sp³-hybridized carbons (Fsp3) is 0.500. The first-order valence-corrected chi connectivity index (χ1v) is 9.39. The third kappa shape index (κ3) is 4.70. The minimum absolute atomic E-state index is 0.124. The lowest BCUT2D eigenvalue weighted by Gasteiger charge is -2.37. The summed E-state index contributed by atoms with van der Waals surface area (Å²) in [6.07, 6.45) is 1.29. The van der Waals surface area contributed by atoms with Gasteiger partial charge in [-0.25, -0.2) is 9.59 Å². The number of esters is 1. The molecule has 1 N–H and O–H groups in total. The second-order valence-electron chi connectivity index (χ2n) is 7.88. The summed E-state index contributed by atoms with van der Waals surface area (Å²) in [7, 11) is 2.88. The molecule has 0 heterocycles. The Bertz CT molecular complexity index is 841. The lowest BCUT2D eigenvalue weighted by atomic mass is 9.74. The molecule has 0 saturated heterocycles. The summed E-state index contributed by atoms with van der Waals surface area (Å²) in [5.74, 6) is 3.61. The van der Waals surface area contributed by atoms with Crippen molar-refractivity contribution >= 4 is 23.5 Å². The molecule has 1 saturated carbocycles. The highest BCUT2D eigenvalue weighted by atomic mass is 16.6. The van der Waals surface area contributed by atoms with Gasteiger partial charge in [-0.1, -0.05) is 0 Å². The number of ether oxygens (including phenoxy) is 3. The first-order valence-electron chi connectivity index (χ1n) is 9.39. The molecular formula is C22H27NO6. The normalized spacial score (nSPS) is 19.6. The van der Waals surface area contributed by atoms with Crippen molar-refractivity contribution in [2.75, 3.05) is 19.5 Å². The minimum atomic E-state index is -1.42. The predicted molar refractivity (Wildman–Crippen MR) is 108 cm³/mol. The Kier molecular flexibility index (Phi) is 6.91. The molecule has 29 heavy (non-hydrogen) atoms. The molecule has 1 aliphatic rings. The van der Waals surface area contributed by atoms with Crippen molar-refractivity contribution < 1.29 is 28.6 Å². The van der Waals surface area contributed by atoms with Gasteiger partial charge in [0.05, 0.1) is 14.2 Å². The molecule has 1 aromatic rings. The van der Waals surface area contributed by atoms with Crippen molar-refractivity contribution in [3.8, 4) is 5.75 Å². The van der Waals surface area contributed by atoms with Crippen LogP contribution in [0.3, 0.4) is 0 Å². The van der Waals surface area contributed by atoms with Crippen molar-refractivity contribution in [3.63, 3.8) is 0 Å². The molecule has 0 spiro atoms. The van der Waals surface area contributed by atoms with Crippen LogP contribution in [0.15, 0.2) is 35.6 Å². The summed E-state index contributed by atoms with van der Waals surface area (Å²) in [6, 6.07) is 5.98. The first kappa shape index (κ1) is 22.3. The van der Waals surface area contributed by atoms with E-state index >= 15 is 0 Å². The number of hydrogen-bond acceptors (Lipinski definition) is 7. The summed E-state index contributed by atoms with van der Waals surface area (Å²) in [5, 5.41) is 3.17. The Morgan fingerprint density at radius 2 is 1.83 bits per heavy atom. The number of benzene rings is 1. The number of hydrogen-bond donors (Lipinski definition) is 1. The van der Waals surface area contributed by atoms with Crippen LogP contribution in [-0.4, -0.2) is 43.7 Å². The van der Waals surface area contributed by atoms with Crippen molar-refractivity contribution in [2.45, 2.75) is 51.7 Å². The molecule has 2 rings (SSSR count). The van der Waals surface area contributed by atoms with Crippen LogP contribution in [0.25, 0.3) is 0 Å². The van der Waals surface area contributed by atoms with Crippen molar-refractivity contribution in [1.82, 2.24) is 0 Å². The molecule has 1 aromatic carbocycles. The topological polar surface area (TPSA) is 90.9 Å². The zero-order valence-corrected chi connectivity index (χ0v) is 17.5. The van der Waals surface area contributed by atoms with Crippen molar-refractivity contribution in [1.29, 1.82) is 0 Å². The second kappa shape index (κ2) is 8.99. The maximum Gasteiger partial charge on any atom is 0.320 e. The van der Waals surface area contributed by atoms with Crippen LogP contribution in [0.2, 0.25) is 0 Å². The van der Waals surface area contributed by atoms with Gasteiger partial charge in [-0.05, 0) is 64.3 Å². The van der Waals surface area contributed by atoms with Gasteiger partial charge in [0.1, 0.15) is 28.7 Å². The van der Waals surface area contributed by atoms with Crippen LogP contribution in [-0.2, 0) is 23.9 Å². The highest BCUT2D eigenvalue weighted by Gasteiger charge is 2.56. The van der Waals surface area contributed by atoms with E-state index in [2.05, 4.69) is 5.32 Å². The van der Waals surface area contributed by atoms with Crippen LogP contribution < -0.4 is 10.1 Å². The van der Waals surface area contributed by atoms with E-state index in [1.807, 2.05) is 5.94 Å². The zero-order valence-electron chi connectivity index (χ0n) is 17.5. The van der Waals surface area contributed by atoms with Gasteiger partial charge in [-0.15, -0.1) is 0 Å². The molecule has 0 aliphatic heterocycles. The third-order valence-electron chi connectivity index (χ3n) is 4.90. The van der Waals surface area contributed by atoms with Crippen LogP contribution in [0.4, 0.5) is 5.69 Å². The van der Waals surface area contributed by atoms with E-state index in [0.717, 1.165) is 0 Å². The van der Waals surface area contributed by atoms with Crippen molar-refractivity contribution in [2.24, 2.45) is 5.41 Å². The van der Waals surface area contributed by atoms with E-state index in [1.54, 1.807) is 58.1 Å². The summed E-state index contributed by atoms with van der Waals surface area (Å²) in [6.45, 7) is 5.24. The molecule has 1 aliphatic carbocycles. The molecule has 2 unspecified atom stereocenters. The minimum Gasteiger partial charge on any atom is -0.497 e. The Morgan fingerprint density at radius 1 is 1.17 bits per heavy atom. The molecular weight excluding hydrogens is 374 g/mol. The SMILES string of the molecule is COC(=C=O)C(Nc1ccc(OC)cc1)C1(C(=O)OC(C)(C)C)CCCC1=C=O. The highest BCUT2D eigenvalue weighted by molar-refractivity contribution is 5.88. The Hall–Kier alpha value is -3.01. The average molecular weight is 401 g/mol. The fourth-order valence-electron chi connectivity index (χ4n) is 3.58. The Morgan fingerprint density at radius 3 is 2.31 bits per heavy atom. The lowest BCUT2D eigenvalue weighted by Crippen LogP contribution is -2.50. The fourth-order valence-corrected chi connectivity index (χ4v) is 3.58. The molecule has 7 heteroatoms. The molecule has 0 radical (unpaired) electrons. The average Bonchev–Trinajstić information content (AvgIpc) is 3.12. The Labute approximate surface area is 170 Å². The number of methoxy groups -OCH3 is 2. The summed E-state index contributed by atoms with van der Waals surface area (Å²) < 4.78 is 16.1. The molecule has 0 aromatic heterocycles. The molecule has 7 nitrogen and oxygen atoms in total. The Balaban J connectivity index is 2.59. The maximum atomic E-state index is 13.3. The van der Waals surface area contributed by atoms with Gasteiger partial charge in [-0.3, -0.25) is 4.79 Å². The number of carbonyl (C=O) groups is 1. The second-order valence-corrected chi connectivity index (χ2v) is 7.88. The predicted octanol–water partition coefficient (Wildman–Crippen LogP) is 3.11. The van der Waals surface area contributed by atoms with Gasteiger partial charge >= 0.3 is 5.97 Å². The van der Waals surface area contributed by atoms with Gasteiger partial charge in [-0.2, -0.15) is 0 Å². The first-order chi connectivity index (χ1) is 13.7. The standard InChI is InChI=1S/C22H27NO6/c1-21(2,3)29-20(26)22(12-6-7-15(22)13-24)19(18(14-25)28-5)23-16-8-10-17(27-4)11-9-16/h8-11,19,23H,6-7,12H2,1-5H3. The smallest absolute Gasteiger partial charge is 0.320 e. The number of nitrogens with one attached hydrogen (secondary N) is 1. The van der Waals surface area contributed by atoms with Gasteiger partial charge in [0.25, 0.3) is 0 Å². The highest BCUT2D eigenvalue weighted by Crippen LogP contribution is 2.48. The van der Waals surface area contributed by atoms with Crippen LogP contribution in [0, 0.1) is 5.41 Å². The van der Waals surface area contributed by atoms with Crippen LogP contribution in [0.5, 0.6) is 5.75 Å². The summed E-state index contributed by atoms with van der Waals surface area (Å²) in [5.41, 5.74) is -1.33. The number of carbonyl (C=O) groups excluding carboxylic acids is 3. The van der Waals surface area contributed by atoms with Crippen LogP contribution >= 0.6 is 0 Å². The van der Waals surface area contributed by atoms with Crippen LogP contribution in [0.1, 0.15) is 40.0 Å². The monoisotopic (exact) mass is 401 g/mol. The molecule has 1 fully saturated rings. The molecule has 0 bridgehead atoms. The summed E-state index contributed by atoms with van der Waals surface area (Å²) in [4.78, 5) is 36.8. The molecule has 0 amide bonds. The van der Waals surface area contributed by atoms with E-state index in [9.17, 15) is 14.4 Å². The van der Waals surface area contributed by atoms with Crippen molar-refractivity contribution in [3.05, 3.63) is 35.6 Å². The molecule has 156 valence electrons. The van der Waals surface area contributed by atoms with E-state index in [0.29, 0.717) is 30.7 Å². The van der Waals surface area contributed by atoms with Gasteiger partial charge in [0.2, 0.25) is 5.76 Å². The summed E-state index contributed by atoms with van der Waals surface area (Å²) >= 11 is 0. The maximum absolute atomic E-state index is 13.3. The van der Waals surface area contributed by atoms with Gasteiger partial charge < -0.3 is 19.5 Å². The van der Waals surface area contributed by atoms with Gasteiger partial charge in [0.15, 0.2) is 5.94 Å². The quantitative estimate of drug-likeness (QED) is 0.426. The zero-order chi connectivity index (χ0) is 21.7.